The van der Waals surface area contributed by atoms with Crippen molar-refractivity contribution in [3.05, 3.63) is 29.8 Å². The molecule has 0 bridgehead atoms. The van der Waals surface area contributed by atoms with Crippen molar-refractivity contribution < 1.29 is 22.6 Å². The third-order valence-electron chi connectivity index (χ3n) is 3.85. The van der Waals surface area contributed by atoms with Crippen LogP contribution in [0.2, 0.25) is 0 Å². The smallest absolute Gasteiger partial charge is 0.124 e. The number of likely N-dealkylation sites (tertiary alicyclic amines) is 1. The Labute approximate surface area is 127 Å². The molecule has 1 heterocycles. The molecule has 1 N–H and O–H groups in total. The summed E-state index contributed by atoms with van der Waals surface area (Å²) in [5.74, 6) is 0. The van der Waals surface area contributed by atoms with Crippen LogP contribution in [-0.4, -0.2) is 55.8 Å². The highest BCUT2D eigenvalue weighted by Gasteiger charge is 2.23. The van der Waals surface area contributed by atoms with Gasteiger partial charge in [0.25, 0.3) is 0 Å². The Morgan fingerprint density at radius 3 is 2.10 bits per heavy atom. The van der Waals surface area contributed by atoms with E-state index in [1.807, 2.05) is 6.92 Å². The number of hydrogen-bond acceptors (Lipinski definition) is 4. The molecule has 1 saturated heterocycles. The minimum Gasteiger partial charge on any atom is -0.744 e. The number of quaternary nitrogens is 1. The van der Waals surface area contributed by atoms with Crippen LogP contribution in [0, 0.1) is 6.92 Å². The van der Waals surface area contributed by atoms with Crippen LogP contribution in [0.15, 0.2) is 29.2 Å². The van der Waals surface area contributed by atoms with Gasteiger partial charge in [-0.2, -0.15) is 0 Å². The molecule has 0 saturated carbocycles. The number of aryl methyl sites for hydroxylation is 1. The van der Waals surface area contributed by atoms with E-state index in [-0.39, 0.29) is 4.90 Å². The first-order valence-corrected chi connectivity index (χ1v) is 8.65. The lowest BCUT2D eigenvalue weighted by atomic mass is 10.1. The summed E-state index contributed by atoms with van der Waals surface area (Å²) in [6.07, 6.45) is 4.08. The second-order valence-electron chi connectivity index (χ2n) is 5.84. The molecule has 0 atom stereocenters. The predicted molar refractivity (Wildman–Crippen MR) is 80.9 cm³/mol. The van der Waals surface area contributed by atoms with Gasteiger partial charge in [-0.25, -0.2) is 8.42 Å². The minimum atomic E-state index is -4.27. The molecule has 1 aromatic carbocycles. The zero-order valence-electron chi connectivity index (χ0n) is 12.8. The number of rotatable bonds is 3. The molecule has 1 aromatic rings. The molecular formula is C15H25NO4S. The third kappa shape index (κ3) is 6.56. The highest BCUT2D eigenvalue weighted by atomic mass is 32.2. The van der Waals surface area contributed by atoms with Gasteiger partial charge in [-0.1, -0.05) is 17.7 Å². The summed E-state index contributed by atoms with van der Waals surface area (Å²) in [5.41, 5.74) is 0.928. The predicted octanol–water partition coefficient (Wildman–Crippen LogP) is 1.51. The van der Waals surface area contributed by atoms with Crippen molar-refractivity contribution >= 4 is 10.1 Å². The standard InChI is InChI=1S/C8H18NO.C7H8O3S/c1-9(7-8-10)5-3-2-4-6-9;1-6-2-4-7(5-3-6)11(8,9)10/h10H,2-8H2,1H3;2-5H,1H3,(H,8,9,10)/q+1;/p-1. The molecule has 1 fully saturated rings. The molecule has 1 aliphatic rings. The molecule has 0 amide bonds. The number of aliphatic hydroxyl groups is 1. The summed E-state index contributed by atoms with van der Waals surface area (Å²) in [4.78, 5) is -0.178. The van der Waals surface area contributed by atoms with Crippen LogP contribution in [0.25, 0.3) is 0 Å². The lowest BCUT2D eigenvalue weighted by molar-refractivity contribution is -0.914. The van der Waals surface area contributed by atoms with E-state index in [9.17, 15) is 13.0 Å². The van der Waals surface area contributed by atoms with E-state index in [4.69, 9.17) is 5.11 Å². The lowest BCUT2D eigenvalue weighted by Gasteiger charge is -2.37. The molecular weight excluding hydrogens is 290 g/mol. The molecule has 0 spiro atoms. The second-order valence-corrected chi connectivity index (χ2v) is 7.22. The van der Waals surface area contributed by atoms with Crippen LogP contribution in [0.1, 0.15) is 24.8 Å². The normalized spacial score (nSPS) is 17.7. The van der Waals surface area contributed by atoms with Crippen molar-refractivity contribution in [2.24, 2.45) is 0 Å². The lowest BCUT2D eigenvalue weighted by Crippen LogP contribution is -2.49. The summed E-state index contributed by atoms with van der Waals surface area (Å²) in [6.45, 7) is 5.64. The Balaban J connectivity index is 0.000000211. The number of nitrogens with zero attached hydrogens (tertiary/aromatic N) is 1. The molecule has 2 rings (SSSR count). The van der Waals surface area contributed by atoms with Gasteiger partial charge in [0.15, 0.2) is 0 Å². The first-order chi connectivity index (χ1) is 9.77. The number of benzene rings is 1. The van der Waals surface area contributed by atoms with Crippen molar-refractivity contribution in [3.63, 3.8) is 0 Å². The summed E-state index contributed by atoms with van der Waals surface area (Å²) in [6, 6.07) is 5.78. The average molecular weight is 315 g/mol. The van der Waals surface area contributed by atoms with Crippen LogP contribution in [-0.2, 0) is 10.1 Å². The van der Waals surface area contributed by atoms with Crippen LogP contribution in [0.4, 0.5) is 0 Å². The molecule has 1 aliphatic heterocycles. The summed E-state index contributed by atoms with van der Waals surface area (Å²) < 4.78 is 32.3. The number of piperidine rings is 1. The molecule has 21 heavy (non-hydrogen) atoms. The van der Waals surface area contributed by atoms with E-state index < -0.39 is 10.1 Å². The second kappa shape index (κ2) is 7.89. The Bertz CT molecular complexity index is 514. The molecule has 0 radical (unpaired) electrons. The topological polar surface area (TPSA) is 77.4 Å². The third-order valence-corrected chi connectivity index (χ3v) is 4.69. The number of likely N-dealkylation sites (N-methyl/N-ethyl adjacent to an activating group) is 1. The van der Waals surface area contributed by atoms with E-state index in [1.54, 1.807) is 12.1 Å². The van der Waals surface area contributed by atoms with E-state index in [2.05, 4.69) is 7.05 Å². The van der Waals surface area contributed by atoms with Gasteiger partial charge in [0, 0.05) is 0 Å². The number of hydrogen-bond donors (Lipinski definition) is 1. The van der Waals surface area contributed by atoms with Crippen molar-refractivity contribution in [2.75, 3.05) is 33.3 Å². The minimum absolute atomic E-state index is 0.178. The van der Waals surface area contributed by atoms with Gasteiger partial charge in [0.2, 0.25) is 0 Å². The fourth-order valence-corrected chi connectivity index (χ4v) is 2.92. The van der Waals surface area contributed by atoms with Gasteiger partial charge in [-0.3, -0.25) is 0 Å². The van der Waals surface area contributed by atoms with Crippen molar-refractivity contribution in [3.8, 4) is 0 Å². The largest absolute Gasteiger partial charge is 0.744 e. The summed E-state index contributed by atoms with van der Waals surface area (Å²) >= 11 is 0. The van der Waals surface area contributed by atoms with Crippen LogP contribution >= 0.6 is 0 Å². The average Bonchev–Trinajstić information content (AvgIpc) is 2.39. The van der Waals surface area contributed by atoms with E-state index >= 15 is 0 Å². The maximum atomic E-state index is 10.4. The highest BCUT2D eigenvalue weighted by molar-refractivity contribution is 7.85. The first-order valence-electron chi connectivity index (χ1n) is 7.24. The van der Waals surface area contributed by atoms with E-state index in [1.165, 1.54) is 44.5 Å². The Kier molecular flexibility index (Phi) is 6.80. The summed E-state index contributed by atoms with van der Waals surface area (Å²) in [5, 5.41) is 8.77. The fourth-order valence-electron chi connectivity index (χ4n) is 2.45. The van der Waals surface area contributed by atoms with E-state index in [0.29, 0.717) is 6.61 Å². The first kappa shape index (κ1) is 18.1. The van der Waals surface area contributed by atoms with Crippen molar-refractivity contribution in [1.29, 1.82) is 0 Å². The van der Waals surface area contributed by atoms with Gasteiger partial charge in [-0.05, 0) is 38.3 Å². The monoisotopic (exact) mass is 315 g/mol. The van der Waals surface area contributed by atoms with Crippen molar-refractivity contribution in [1.82, 2.24) is 0 Å². The quantitative estimate of drug-likeness (QED) is 0.677. The fraction of sp³-hybridized carbons (Fsp3) is 0.600. The zero-order chi connectivity index (χ0) is 15.9. The van der Waals surface area contributed by atoms with Crippen LogP contribution < -0.4 is 0 Å². The highest BCUT2D eigenvalue weighted by Crippen LogP contribution is 2.14. The molecule has 0 aromatic heterocycles. The zero-order valence-corrected chi connectivity index (χ0v) is 13.6. The van der Waals surface area contributed by atoms with E-state index in [0.717, 1.165) is 16.6 Å². The maximum Gasteiger partial charge on any atom is 0.124 e. The molecule has 0 aliphatic carbocycles. The van der Waals surface area contributed by atoms with Gasteiger partial charge in [0.1, 0.15) is 16.7 Å². The number of aliphatic hydroxyl groups excluding tert-OH is 1. The maximum absolute atomic E-state index is 10.4. The van der Waals surface area contributed by atoms with Gasteiger partial charge in [0.05, 0.1) is 31.6 Å². The molecule has 5 nitrogen and oxygen atoms in total. The Morgan fingerprint density at radius 2 is 1.67 bits per heavy atom. The Hall–Kier alpha value is -0.950. The van der Waals surface area contributed by atoms with Gasteiger partial charge < -0.3 is 14.1 Å². The van der Waals surface area contributed by atoms with Crippen LogP contribution in [0.3, 0.4) is 0 Å². The summed E-state index contributed by atoms with van der Waals surface area (Å²) in [7, 11) is -2.02. The molecule has 120 valence electrons. The Morgan fingerprint density at radius 1 is 1.14 bits per heavy atom. The van der Waals surface area contributed by atoms with Crippen molar-refractivity contribution in [2.45, 2.75) is 31.1 Å². The molecule has 6 heteroatoms. The van der Waals surface area contributed by atoms with Gasteiger partial charge >= 0.3 is 0 Å². The van der Waals surface area contributed by atoms with Crippen LogP contribution in [0.5, 0.6) is 0 Å². The van der Waals surface area contributed by atoms with Gasteiger partial charge in [-0.15, -0.1) is 0 Å². The molecule has 0 unspecified atom stereocenters. The SMILES string of the molecule is C[N+]1(CCO)CCCCC1.Cc1ccc(S(=O)(=O)[O-])cc1.